The SMILES string of the molecule is CC(C)(CO)n1ccc2c(C(=O)c3ccc(N)cn3)nc(N)nc21. The number of aliphatic hydroxyl groups excluding tert-OH is 1. The van der Waals surface area contributed by atoms with Gasteiger partial charge in [0.05, 0.1) is 24.0 Å². The number of nitrogen functional groups attached to an aromatic ring is 2. The van der Waals surface area contributed by atoms with Gasteiger partial charge < -0.3 is 21.1 Å². The fourth-order valence-electron chi connectivity index (χ4n) is 2.43. The van der Waals surface area contributed by atoms with Crippen molar-refractivity contribution in [3.63, 3.8) is 0 Å². The summed E-state index contributed by atoms with van der Waals surface area (Å²) in [6.07, 6.45) is 3.16. The van der Waals surface area contributed by atoms with Crippen LogP contribution in [-0.2, 0) is 5.54 Å². The average molecular weight is 326 g/mol. The highest BCUT2D eigenvalue weighted by atomic mass is 16.3. The molecule has 0 spiro atoms. The van der Waals surface area contributed by atoms with Crippen LogP contribution in [0.2, 0.25) is 0 Å². The van der Waals surface area contributed by atoms with Crippen LogP contribution in [0, 0.1) is 0 Å². The largest absolute Gasteiger partial charge is 0.397 e. The molecule has 3 heterocycles. The molecule has 0 unspecified atom stereocenters. The zero-order chi connectivity index (χ0) is 17.5. The van der Waals surface area contributed by atoms with Gasteiger partial charge in [-0.1, -0.05) is 0 Å². The van der Waals surface area contributed by atoms with Gasteiger partial charge in [-0.3, -0.25) is 9.78 Å². The first-order valence-corrected chi connectivity index (χ1v) is 7.35. The predicted molar refractivity (Wildman–Crippen MR) is 90.4 cm³/mol. The van der Waals surface area contributed by atoms with E-state index in [1.807, 2.05) is 13.8 Å². The Hall–Kier alpha value is -3.00. The summed E-state index contributed by atoms with van der Waals surface area (Å²) in [6, 6.07) is 4.87. The van der Waals surface area contributed by atoms with E-state index in [2.05, 4.69) is 15.0 Å². The lowest BCUT2D eigenvalue weighted by Crippen LogP contribution is -2.30. The number of aromatic nitrogens is 4. The lowest BCUT2D eigenvalue weighted by atomic mass is 10.1. The maximum atomic E-state index is 12.7. The summed E-state index contributed by atoms with van der Waals surface area (Å²) in [5.74, 6) is -0.386. The van der Waals surface area contributed by atoms with Crippen LogP contribution in [-0.4, -0.2) is 37.0 Å². The van der Waals surface area contributed by atoms with E-state index in [-0.39, 0.29) is 29.7 Å². The molecule has 0 amide bonds. The van der Waals surface area contributed by atoms with Crippen LogP contribution in [0.25, 0.3) is 11.0 Å². The number of carbonyl (C=O) groups excluding carboxylic acids is 1. The van der Waals surface area contributed by atoms with E-state index in [0.717, 1.165) is 0 Å². The fraction of sp³-hybridized carbons (Fsp3) is 0.250. The number of hydrogen-bond donors (Lipinski definition) is 3. The number of anilines is 2. The Kier molecular flexibility index (Phi) is 3.69. The van der Waals surface area contributed by atoms with Crippen molar-refractivity contribution in [2.24, 2.45) is 0 Å². The van der Waals surface area contributed by atoms with Crippen molar-refractivity contribution in [3.8, 4) is 0 Å². The van der Waals surface area contributed by atoms with Crippen LogP contribution in [0.3, 0.4) is 0 Å². The molecule has 0 atom stereocenters. The third kappa shape index (κ3) is 2.56. The van der Waals surface area contributed by atoms with E-state index >= 15 is 0 Å². The van der Waals surface area contributed by atoms with Crippen molar-refractivity contribution >= 4 is 28.5 Å². The third-order valence-electron chi connectivity index (χ3n) is 3.83. The van der Waals surface area contributed by atoms with Gasteiger partial charge in [-0.25, -0.2) is 4.98 Å². The van der Waals surface area contributed by atoms with Crippen LogP contribution in [0.1, 0.15) is 30.0 Å². The molecule has 5 N–H and O–H groups in total. The van der Waals surface area contributed by atoms with Crippen LogP contribution in [0.15, 0.2) is 30.6 Å². The number of nitrogens with two attached hydrogens (primary N) is 2. The van der Waals surface area contributed by atoms with Gasteiger partial charge in [0.15, 0.2) is 0 Å². The molecule has 3 aromatic heterocycles. The first-order valence-electron chi connectivity index (χ1n) is 7.35. The van der Waals surface area contributed by atoms with Gasteiger partial charge in [0.1, 0.15) is 17.0 Å². The molecule has 0 aromatic carbocycles. The molecular weight excluding hydrogens is 308 g/mol. The lowest BCUT2D eigenvalue weighted by molar-refractivity contribution is 0.103. The minimum absolute atomic E-state index is 0.0185. The second-order valence-electron chi connectivity index (χ2n) is 6.13. The van der Waals surface area contributed by atoms with Crippen LogP contribution in [0.5, 0.6) is 0 Å². The molecule has 3 rings (SSSR count). The highest BCUT2D eigenvalue weighted by Gasteiger charge is 2.25. The summed E-state index contributed by atoms with van der Waals surface area (Å²) in [6.45, 7) is 3.62. The van der Waals surface area contributed by atoms with Crippen molar-refractivity contribution in [3.05, 3.63) is 42.0 Å². The standard InChI is InChI=1S/C16H18N6O2/c1-16(2,8-23)22-6-5-10-12(20-15(18)21-14(10)22)13(24)11-4-3-9(17)7-19-11/h3-7,23H,8,17H2,1-2H3,(H2,18,20,21). The van der Waals surface area contributed by atoms with Gasteiger partial charge in [0.25, 0.3) is 0 Å². The summed E-state index contributed by atoms with van der Waals surface area (Å²) in [5.41, 5.74) is 12.1. The molecule has 0 bridgehead atoms. The summed E-state index contributed by atoms with van der Waals surface area (Å²) < 4.78 is 1.77. The Bertz CT molecular complexity index is 914. The zero-order valence-corrected chi connectivity index (χ0v) is 13.4. The van der Waals surface area contributed by atoms with Crippen molar-refractivity contribution in [2.45, 2.75) is 19.4 Å². The number of nitrogens with zero attached hydrogens (tertiary/aromatic N) is 4. The molecule has 124 valence electrons. The number of hydrogen-bond acceptors (Lipinski definition) is 7. The monoisotopic (exact) mass is 326 g/mol. The van der Waals surface area contributed by atoms with Crippen molar-refractivity contribution < 1.29 is 9.90 Å². The van der Waals surface area contributed by atoms with E-state index < -0.39 is 5.54 Å². The summed E-state index contributed by atoms with van der Waals surface area (Å²) in [7, 11) is 0. The van der Waals surface area contributed by atoms with Crippen molar-refractivity contribution in [1.29, 1.82) is 0 Å². The van der Waals surface area contributed by atoms with E-state index in [9.17, 15) is 9.90 Å². The summed E-state index contributed by atoms with van der Waals surface area (Å²) in [5, 5.41) is 10.1. The Labute approximate surface area is 138 Å². The number of rotatable bonds is 4. The molecular formula is C16H18N6O2. The summed E-state index contributed by atoms with van der Waals surface area (Å²) in [4.78, 5) is 25.1. The summed E-state index contributed by atoms with van der Waals surface area (Å²) >= 11 is 0. The Morgan fingerprint density at radius 3 is 2.62 bits per heavy atom. The van der Waals surface area contributed by atoms with Gasteiger partial charge in [-0.2, -0.15) is 4.98 Å². The van der Waals surface area contributed by atoms with E-state index in [1.165, 1.54) is 12.3 Å². The van der Waals surface area contributed by atoms with E-state index in [4.69, 9.17) is 11.5 Å². The van der Waals surface area contributed by atoms with E-state index in [0.29, 0.717) is 16.7 Å². The van der Waals surface area contributed by atoms with E-state index in [1.54, 1.807) is 22.9 Å². The minimum atomic E-state index is -0.595. The molecule has 24 heavy (non-hydrogen) atoms. The number of aliphatic hydroxyl groups is 1. The number of carbonyl (C=O) groups is 1. The highest BCUT2D eigenvalue weighted by molar-refractivity contribution is 6.13. The second-order valence-corrected chi connectivity index (χ2v) is 6.13. The number of pyridine rings is 1. The Balaban J connectivity index is 2.19. The average Bonchev–Trinajstić information content (AvgIpc) is 2.98. The Morgan fingerprint density at radius 1 is 1.25 bits per heavy atom. The van der Waals surface area contributed by atoms with Gasteiger partial charge in [0, 0.05) is 11.6 Å². The van der Waals surface area contributed by atoms with Crippen molar-refractivity contribution in [1.82, 2.24) is 19.5 Å². The zero-order valence-electron chi connectivity index (χ0n) is 13.4. The van der Waals surface area contributed by atoms with Gasteiger partial charge in [0.2, 0.25) is 11.7 Å². The first kappa shape index (κ1) is 15.9. The molecule has 0 fully saturated rings. The van der Waals surface area contributed by atoms with Gasteiger partial charge >= 0.3 is 0 Å². The highest BCUT2D eigenvalue weighted by Crippen LogP contribution is 2.26. The minimum Gasteiger partial charge on any atom is -0.397 e. The topological polar surface area (TPSA) is 133 Å². The normalized spacial score (nSPS) is 11.8. The third-order valence-corrected chi connectivity index (χ3v) is 3.83. The number of fused-ring (bicyclic) bond motifs is 1. The number of ketones is 1. The first-order chi connectivity index (χ1) is 11.3. The van der Waals surface area contributed by atoms with Crippen LogP contribution >= 0.6 is 0 Å². The molecule has 0 aliphatic carbocycles. The molecule has 0 saturated heterocycles. The quantitative estimate of drug-likeness (QED) is 0.608. The lowest BCUT2D eigenvalue weighted by Gasteiger charge is -2.24. The molecule has 0 radical (unpaired) electrons. The van der Waals surface area contributed by atoms with Gasteiger partial charge in [-0.15, -0.1) is 0 Å². The maximum Gasteiger partial charge on any atom is 0.230 e. The fourth-order valence-corrected chi connectivity index (χ4v) is 2.43. The molecule has 8 nitrogen and oxygen atoms in total. The van der Waals surface area contributed by atoms with Crippen LogP contribution in [0.4, 0.5) is 11.6 Å². The molecule has 8 heteroatoms. The smallest absolute Gasteiger partial charge is 0.230 e. The van der Waals surface area contributed by atoms with Crippen LogP contribution < -0.4 is 11.5 Å². The Morgan fingerprint density at radius 2 is 2.00 bits per heavy atom. The van der Waals surface area contributed by atoms with Crippen molar-refractivity contribution in [2.75, 3.05) is 18.1 Å². The maximum absolute atomic E-state index is 12.7. The molecule has 0 saturated carbocycles. The molecule has 0 aliphatic rings. The van der Waals surface area contributed by atoms with Gasteiger partial charge in [-0.05, 0) is 32.0 Å². The molecule has 0 aliphatic heterocycles. The molecule has 3 aromatic rings. The second kappa shape index (κ2) is 5.57. The predicted octanol–water partition coefficient (Wildman–Crippen LogP) is 0.949.